The Labute approximate surface area is 195 Å². The van der Waals surface area contributed by atoms with E-state index in [9.17, 15) is 4.79 Å². The number of anilines is 1. The van der Waals surface area contributed by atoms with Crippen LogP contribution in [0.4, 0.5) is 5.69 Å². The first kappa shape index (κ1) is 21.2. The largest absolute Gasteiger partial charge is 0.439 e. The van der Waals surface area contributed by atoms with E-state index in [-0.39, 0.29) is 5.56 Å². The molecule has 0 unspecified atom stereocenters. The highest BCUT2D eigenvalue weighted by atomic mass is 35.5. The van der Waals surface area contributed by atoms with E-state index in [1.807, 2.05) is 36.4 Å². The summed E-state index contributed by atoms with van der Waals surface area (Å²) in [5, 5.41) is 0.647. The smallest absolute Gasteiger partial charge is 0.255 e. The molecule has 7 nitrogen and oxygen atoms in total. The summed E-state index contributed by atoms with van der Waals surface area (Å²) in [6, 6.07) is 18.4. The Bertz CT molecular complexity index is 1340. The molecule has 4 aromatic rings. The van der Waals surface area contributed by atoms with Crippen LogP contribution >= 0.6 is 11.6 Å². The zero-order valence-corrected chi connectivity index (χ0v) is 18.5. The molecule has 0 atom stereocenters. The number of H-pyrrole nitrogens is 1. The number of aromatic amines is 1. The lowest BCUT2D eigenvalue weighted by Crippen LogP contribution is -2.35. The van der Waals surface area contributed by atoms with Gasteiger partial charge in [0.15, 0.2) is 0 Å². The van der Waals surface area contributed by atoms with E-state index in [2.05, 4.69) is 14.9 Å². The number of benzene rings is 2. The van der Waals surface area contributed by atoms with Crippen LogP contribution in [-0.4, -0.2) is 26.4 Å². The first-order chi connectivity index (χ1) is 16.0. The fourth-order valence-electron chi connectivity index (χ4n) is 3.89. The number of nitrogen functional groups attached to an aromatic ring is 1. The number of nitrogens with one attached hydrogen (secondary N) is 1. The maximum absolute atomic E-state index is 12.9. The Morgan fingerprint density at radius 1 is 1.09 bits per heavy atom. The van der Waals surface area contributed by atoms with Crippen LogP contribution in [0.5, 0.6) is 11.6 Å². The Morgan fingerprint density at radius 3 is 2.67 bits per heavy atom. The van der Waals surface area contributed by atoms with Gasteiger partial charge in [-0.25, -0.2) is 9.97 Å². The Balaban J connectivity index is 1.35. The molecular formula is C25H22ClN5O2. The van der Waals surface area contributed by atoms with Crippen LogP contribution in [0.25, 0.3) is 11.4 Å². The molecule has 2 aromatic heterocycles. The van der Waals surface area contributed by atoms with Gasteiger partial charge in [0.2, 0.25) is 5.88 Å². The number of nitrogens with two attached hydrogens (primary N) is 1. The van der Waals surface area contributed by atoms with Gasteiger partial charge in [-0.05, 0) is 54.6 Å². The Hall–Kier alpha value is -3.68. The summed E-state index contributed by atoms with van der Waals surface area (Å²) in [4.78, 5) is 27.1. The summed E-state index contributed by atoms with van der Waals surface area (Å²) < 4.78 is 5.99. The zero-order valence-electron chi connectivity index (χ0n) is 17.8. The van der Waals surface area contributed by atoms with Crippen LogP contribution in [0.3, 0.4) is 0 Å². The zero-order chi connectivity index (χ0) is 22.8. The summed E-state index contributed by atoms with van der Waals surface area (Å²) in [6.45, 7) is 1.89. The predicted molar refractivity (Wildman–Crippen MR) is 128 cm³/mol. The van der Waals surface area contributed by atoms with Crippen molar-refractivity contribution in [2.75, 3.05) is 12.3 Å². The van der Waals surface area contributed by atoms with Gasteiger partial charge in [0.05, 0.1) is 11.3 Å². The number of halogens is 1. The number of hydrogen-bond donors (Lipinski definition) is 2. The van der Waals surface area contributed by atoms with E-state index >= 15 is 0 Å². The minimum Gasteiger partial charge on any atom is -0.439 e. The second kappa shape index (κ2) is 9.05. The fraction of sp³-hybridized carbons (Fsp3) is 0.160. The highest BCUT2D eigenvalue weighted by Gasteiger charge is 2.22. The van der Waals surface area contributed by atoms with Crippen molar-refractivity contribution in [2.24, 2.45) is 0 Å². The van der Waals surface area contributed by atoms with Crippen molar-refractivity contribution >= 4 is 17.3 Å². The number of aromatic nitrogens is 3. The number of fused-ring (bicyclic) bond motifs is 1. The molecule has 0 spiro atoms. The molecule has 0 amide bonds. The van der Waals surface area contributed by atoms with Gasteiger partial charge in [-0.1, -0.05) is 17.7 Å². The highest BCUT2D eigenvalue weighted by Crippen LogP contribution is 2.27. The third-order valence-corrected chi connectivity index (χ3v) is 5.86. The fourth-order valence-corrected chi connectivity index (χ4v) is 4.01. The second-order valence-corrected chi connectivity index (χ2v) is 8.38. The first-order valence-corrected chi connectivity index (χ1v) is 11.0. The van der Waals surface area contributed by atoms with E-state index in [0.717, 1.165) is 23.4 Å². The molecule has 33 heavy (non-hydrogen) atoms. The van der Waals surface area contributed by atoms with Gasteiger partial charge in [0.25, 0.3) is 5.56 Å². The van der Waals surface area contributed by atoms with Crippen molar-refractivity contribution in [3.63, 3.8) is 0 Å². The second-order valence-electron chi connectivity index (χ2n) is 7.95. The topological polar surface area (TPSA) is 97.1 Å². The lowest BCUT2D eigenvalue weighted by atomic mass is 10.1. The minimum atomic E-state index is -0.111. The first-order valence-electron chi connectivity index (χ1n) is 10.6. The number of ether oxygens (including phenoxy) is 1. The van der Waals surface area contributed by atoms with Crippen molar-refractivity contribution in [1.82, 2.24) is 19.9 Å². The summed E-state index contributed by atoms with van der Waals surface area (Å²) in [6.07, 6.45) is 2.39. The van der Waals surface area contributed by atoms with Crippen LogP contribution in [0.2, 0.25) is 5.02 Å². The monoisotopic (exact) mass is 459 g/mol. The van der Waals surface area contributed by atoms with E-state index in [4.69, 9.17) is 27.1 Å². The molecule has 8 heteroatoms. The maximum Gasteiger partial charge on any atom is 0.255 e. The molecule has 5 rings (SSSR count). The standard InChI is InChI=1S/C25H22ClN5O2/c26-18-5-9-20(10-6-18)33-25-17(2-1-12-28-25)14-31-13-11-22-21(15-31)24(32)30-23(29-22)16-3-7-19(27)8-4-16/h1-10,12H,11,13-15,27H2,(H,29,30,32). The van der Waals surface area contributed by atoms with Crippen molar-refractivity contribution in [1.29, 1.82) is 0 Å². The molecule has 0 fully saturated rings. The number of rotatable bonds is 5. The average Bonchev–Trinajstić information content (AvgIpc) is 2.82. The van der Waals surface area contributed by atoms with Crippen LogP contribution < -0.4 is 16.0 Å². The van der Waals surface area contributed by atoms with Gasteiger partial charge in [0, 0.05) is 54.1 Å². The summed E-state index contributed by atoms with van der Waals surface area (Å²) in [5.41, 5.74) is 9.65. The van der Waals surface area contributed by atoms with Crippen molar-refractivity contribution < 1.29 is 4.74 Å². The van der Waals surface area contributed by atoms with Crippen LogP contribution in [-0.2, 0) is 19.5 Å². The maximum atomic E-state index is 12.9. The number of nitrogens with zero attached hydrogens (tertiary/aromatic N) is 3. The average molecular weight is 460 g/mol. The lowest BCUT2D eigenvalue weighted by molar-refractivity contribution is 0.238. The summed E-state index contributed by atoms with van der Waals surface area (Å²) >= 11 is 5.96. The highest BCUT2D eigenvalue weighted by molar-refractivity contribution is 6.30. The van der Waals surface area contributed by atoms with E-state index in [0.29, 0.717) is 53.2 Å². The Kier molecular flexibility index (Phi) is 5.81. The molecule has 0 saturated carbocycles. The summed E-state index contributed by atoms with van der Waals surface area (Å²) in [7, 11) is 0. The van der Waals surface area contributed by atoms with Crippen LogP contribution in [0.1, 0.15) is 16.8 Å². The van der Waals surface area contributed by atoms with Crippen molar-refractivity contribution in [2.45, 2.75) is 19.5 Å². The Morgan fingerprint density at radius 2 is 1.88 bits per heavy atom. The molecule has 1 aliphatic heterocycles. The SMILES string of the molecule is Nc1ccc(-c2nc3c(c(=O)[nH]2)CN(Cc2cccnc2Oc2ccc(Cl)cc2)CC3)cc1. The molecule has 166 valence electrons. The molecule has 0 radical (unpaired) electrons. The van der Waals surface area contributed by atoms with Gasteiger partial charge in [-0.2, -0.15) is 0 Å². The van der Waals surface area contributed by atoms with Gasteiger partial charge in [-0.3, -0.25) is 9.69 Å². The van der Waals surface area contributed by atoms with Crippen LogP contribution in [0.15, 0.2) is 71.7 Å². The molecular weight excluding hydrogens is 438 g/mol. The quantitative estimate of drug-likeness (QED) is 0.429. The normalized spacial score (nSPS) is 13.5. The van der Waals surface area contributed by atoms with Gasteiger partial charge in [-0.15, -0.1) is 0 Å². The number of pyridine rings is 1. The molecule has 2 aromatic carbocycles. The number of hydrogen-bond acceptors (Lipinski definition) is 6. The van der Waals surface area contributed by atoms with E-state index < -0.39 is 0 Å². The van der Waals surface area contributed by atoms with Crippen LogP contribution in [0, 0.1) is 0 Å². The van der Waals surface area contributed by atoms with E-state index in [1.54, 1.807) is 30.5 Å². The lowest BCUT2D eigenvalue weighted by Gasteiger charge is -2.28. The summed E-state index contributed by atoms with van der Waals surface area (Å²) in [5.74, 6) is 1.77. The molecule has 1 aliphatic rings. The predicted octanol–water partition coefficient (Wildman–Crippen LogP) is 4.42. The molecule has 0 bridgehead atoms. The van der Waals surface area contributed by atoms with E-state index in [1.165, 1.54) is 0 Å². The molecule has 3 heterocycles. The molecule has 0 saturated heterocycles. The van der Waals surface area contributed by atoms with Crippen molar-refractivity contribution in [3.8, 4) is 23.0 Å². The third kappa shape index (κ3) is 4.74. The molecule has 3 N–H and O–H groups in total. The van der Waals surface area contributed by atoms with Gasteiger partial charge < -0.3 is 15.5 Å². The third-order valence-electron chi connectivity index (χ3n) is 5.60. The van der Waals surface area contributed by atoms with Gasteiger partial charge >= 0.3 is 0 Å². The van der Waals surface area contributed by atoms with Crippen molar-refractivity contribution in [3.05, 3.63) is 99.1 Å². The molecule has 0 aliphatic carbocycles. The van der Waals surface area contributed by atoms with Gasteiger partial charge in [0.1, 0.15) is 11.6 Å². The minimum absolute atomic E-state index is 0.111.